The van der Waals surface area contributed by atoms with E-state index in [-0.39, 0.29) is 18.5 Å². The Morgan fingerprint density at radius 3 is 2.63 bits per heavy atom. The first kappa shape index (κ1) is 13.4. The second-order valence-corrected chi connectivity index (χ2v) is 4.63. The molecule has 1 aromatic rings. The Kier molecular flexibility index (Phi) is 4.04. The highest BCUT2D eigenvalue weighted by atomic mass is 16.7. The van der Waals surface area contributed by atoms with E-state index in [0.717, 1.165) is 0 Å². The van der Waals surface area contributed by atoms with Crippen LogP contribution in [0.1, 0.15) is 29.6 Å². The number of carbonyl (C=O) groups is 2. The molecule has 5 nitrogen and oxygen atoms in total. The highest BCUT2D eigenvalue weighted by Gasteiger charge is 2.16. The van der Waals surface area contributed by atoms with Crippen molar-refractivity contribution in [1.82, 2.24) is 4.90 Å². The molecule has 2 rings (SSSR count). The maximum absolute atomic E-state index is 12.0. The lowest BCUT2D eigenvalue weighted by Gasteiger charge is -2.09. The molecular weight excluding hydrogens is 246 g/mol. The van der Waals surface area contributed by atoms with E-state index in [1.807, 2.05) is 0 Å². The fourth-order valence-electron chi connectivity index (χ4n) is 1.84. The Hall–Kier alpha value is -2.04. The van der Waals surface area contributed by atoms with Crippen molar-refractivity contribution in [3.63, 3.8) is 0 Å². The monoisotopic (exact) mass is 263 g/mol. The van der Waals surface area contributed by atoms with Crippen LogP contribution < -0.4 is 9.47 Å². The van der Waals surface area contributed by atoms with Gasteiger partial charge in [0.05, 0.1) is 0 Å². The number of ether oxygens (including phenoxy) is 2. The quantitative estimate of drug-likeness (QED) is 0.761. The van der Waals surface area contributed by atoms with Crippen molar-refractivity contribution in [3.8, 4) is 11.5 Å². The topological polar surface area (TPSA) is 55.8 Å². The highest BCUT2D eigenvalue weighted by molar-refractivity contribution is 5.96. The lowest BCUT2D eigenvalue weighted by Crippen LogP contribution is -2.21. The van der Waals surface area contributed by atoms with Crippen molar-refractivity contribution < 1.29 is 19.1 Å². The molecule has 0 aliphatic carbocycles. The van der Waals surface area contributed by atoms with E-state index in [2.05, 4.69) is 0 Å². The van der Waals surface area contributed by atoms with Gasteiger partial charge in [-0.15, -0.1) is 0 Å². The minimum absolute atomic E-state index is 0.0184. The summed E-state index contributed by atoms with van der Waals surface area (Å²) < 4.78 is 10.4. The first-order valence-corrected chi connectivity index (χ1v) is 6.21. The van der Waals surface area contributed by atoms with E-state index in [0.29, 0.717) is 36.3 Å². The third-order valence-electron chi connectivity index (χ3n) is 2.99. The van der Waals surface area contributed by atoms with E-state index in [4.69, 9.17) is 9.47 Å². The standard InChI is InChI=1S/C14H17NO4/c1-15(2)14(17)5-3-4-11(16)10-6-7-12-13(8-10)19-9-18-12/h6-8H,3-5,9H2,1-2H3. The average molecular weight is 263 g/mol. The van der Waals surface area contributed by atoms with Crippen LogP contribution in [0.3, 0.4) is 0 Å². The zero-order valence-electron chi connectivity index (χ0n) is 11.1. The molecule has 0 radical (unpaired) electrons. The zero-order valence-corrected chi connectivity index (χ0v) is 11.1. The fourth-order valence-corrected chi connectivity index (χ4v) is 1.84. The molecule has 5 heteroatoms. The molecule has 1 heterocycles. The molecule has 1 aromatic carbocycles. The number of fused-ring (bicyclic) bond motifs is 1. The van der Waals surface area contributed by atoms with Crippen molar-refractivity contribution in [1.29, 1.82) is 0 Å². The van der Waals surface area contributed by atoms with Crippen LogP contribution in [0.5, 0.6) is 11.5 Å². The van der Waals surface area contributed by atoms with Gasteiger partial charge in [-0.2, -0.15) is 0 Å². The second-order valence-electron chi connectivity index (χ2n) is 4.63. The number of Topliss-reactive ketones (excluding diaryl/α,β-unsaturated/α-hetero) is 1. The number of hydrogen-bond donors (Lipinski definition) is 0. The van der Waals surface area contributed by atoms with Gasteiger partial charge in [-0.3, -0.25) is 9.59 Å². The summed E-state index contributed by atoms with van der Waals surface area (Å²) in [7, 11) is 3.42. The Balaban J connectivity index is 1.88. The molecular formula is C14H17NO4. The smallest absolute Gasteiger partial charge is 0.231 e. The number of rotatable bonds is 5. The number of carbonyl (C=O) groups excluding carboxylic acids is 2. The van der Waals surface area contributed by atoms with Crippen LogP contribution in [-0.2, 0) is 4.79 Å². The second kappa shape index (κ2) is 5.73. The van der Waals surface area contributed by atoms with E-state index < -0.39 is 0 Å². The van der Waals surface area contributed by atoms with Gasteiger partial charge in [-0.1, -0.05) is 0 Å². The van der Waals surface area contributed by atoms with Gasteiger partial charge in [0.2, 0.25) is 12.7 Å². The van der Waals surface area contributed by atoms with Crippen LogP contribution in [0.25, 0.3) is 0 Å². The minimum atomic E-state index is 0.0184. The summed E-state index contributed by atoms with van der Waals surface area (Å²) in [5.41, 5.74) is 0.599. The van der Waals surface area contributed by atoms with Gasteiger partial charge in [0.25, 0.3) is 0 Å². The predicted molar refractivity (Wildman–Crippen MR) is 69.4 cm³/mol. The van der Waals surface area contributed by atoms with Gasteiger partial charge in [-0.25, -0.2) is 0 Å². The molecule has 0 N–H and O–H groups in total. The Bertz CT molecular complexity index is 496. The van der Waals surface area contributed by atoms with Gasteiger partial charge in [0, 0.05) is 32.5 Å². The summed E-state index contributed by atoms with van der Waals surface area (Å²) in [5, 5.41) is 0. The predicted octanol–water partition coefficient (Wildman–Crippen LogP) is 1.86. The summed E-state index contributed by atoms with van der Waals surface area (Å²) in [6.07, 6.45) is 1.31. The molecule has 0 aromatic heterocycles. The number of benzene rings is 1. The molecule has 0 saturated carbocycles. The molecule has 1 aliphatic heterocycles. The van der Waals surface area contributed by atoms with Crippen molar-refractivity contribution in [2.75, 3.05) is 20.9 Å². The third kappa shape index (κ3) is 3.24. The number of hydrogen-bond acceptors (Lipinski definition) is 4. The summed E-state index contributed by atoms with van der Waals surface area (Å²) in [5.74, 6) is 1.33. The normalized spacial score (nSPS) is 12.3. The molecule has 19 heavy (non-hydrogen) atoms. The van der Waals surface area contributed by atoms with Crippen molar-refractivity contribution in [2.45, 2.75) is 19.3 Å². The molecule has 0 fully saturated rings. The van der Waals surface area contributed by atoms with Gasteiger partial charge >= 0.3 is 0 Å². The van der Waals surface area contributed by atoms with Crippen LogP contribution in [-0.4, -0.2) is 37.5 Å². The molecule has 0 atom stereocenters. The maximum Gasteiger partial charge on any atom is 0.231 e. The average Bonchev–Trinajstić information content (AvgIpc) is 2.85. The summed E-state index contributed by atoms with van der Waals surface area (Å²) in [4.78, 5) is 24.9. The van der Waals surface area contributed by atoms with Gasteiger partial charge in [0.15, 0.2) is 17.3 Å². The first-order valence-electron chi connectivity index (χ1n) is 6.21. The van der Waals surface area contributed by atoms with Gasteiger partial charge < -0.3 is 14.4 Å². The summed E-state index contributed by atoms with van der Waals surface area (Å²) >= 11 is 0. The molecule has 102 valence electrons. The van der Waals surface area contributed by atoms with Crippen LogP contribution in [0.15, 0.2) is 18.2 Å². The SMILES string of the molecule is CN(C)C(=O)CCCC(=O)c1ccc2c(c1)OCO2. The van der Waals surface area contributed by atoms with Gasteiger partial charge in [-0.05, 0) is 24.6 Å². The molecule has 1 aliphatic rings. The number of nitrogens with zero attached hydrogens (tertiary/aromatic N) is 1. The van der Waals surface area contributed by atoms with Crippen LogP contribution >= 0.6 is 0 Å². The van der Waals surface area contributed by atoms with Crippen molar-refractivity contribution in [2.24, 2.45) is 0 Å². The summed E-state index contributed by atoms with van der Waals surface area (Å²) in [6, 6.07) is 5.16. The highest BCUT2D eigenvalue weighted by Crippen LogP contribution is 2.32. The van der Waals surface area contributed by atoms with Gasteiger partial charge in [0.1, 0.15) is 0 Å². The molecule has 1 amide bonds. The third-order valence-corrected chi connectivity index (χ3v) is 2.99. The van der Waals surface area contributed by atoms with E-state index in [1.165, 1.54) is 4.90 Å². The van der Waals surface area contributed by atoms with Crippen molar-refractivity contribution >= 4 is 11.7 Å². The van der Waals surface area contributed by atoms with Crippen LogP contribution in [0, 0.1) is 0 Å². The molecule has 0 spiro atoms. The molecule has 0 saturated heterocycles. The largest absolute Gasteiger partial charge is 0.454 e. The minimum Gasteiger partial charge on any atom is -0.454 e. The maximum atomic E-state index is 12.0. The Morgan fingerprint density at radius 1 is 1.16 bits per heavy atom. The molecule has 0 unspecified atom stereocenters. The lowest BCUT2D eigenvalue weighted by atomic mass is 10.0. The van der Waals surface area contributed by atoms with E-state index >= 15 is 0 Å². The summed E-state index contributed by atoms with van der Waals surface area (Å²) in [6.45, 7) is 0.199. The fraction of sp³-hybridized carbons (Fsp3) is 0.429. The van der Waals surface area contributed by atoms with Crippen LogP contribution in [0.4, 0.5) is 0 Å². The zero-order chi connectivity index (χ0) is 13.8. The first-order chi connectivity index (χ1) is 9.08. The lowest BCUT2D eigenvalue weighted by molar-refractivity contribution is -0.128. The Morgan fingerprint density at radius 2 is 1.89 bits per heavy atom. The van der Waals surface area contributed by atoms with E-state index in [1.54, 1.807) is 32.3 Å². The van der Waals surface area contributed by atoms with Crippen LogP contribution in [0.2, 0.25) is 0 Å². The Labute approximate surface area is 112 Å². The van der Waals surface area contributed by atoms with E-state index in [9.17, 15) is 9.59 Å². The number of ketones is 1. The molecule has 0 bridgehead atoms. The number of amides is 1. The van der Waals surface area contributed by atoms with Crippen molar-refractivity contribution in [3.05, 3.63) is 23.8 Å².